The van der Waals surface area contributed by atoms with Gasteiger partial charge in [-0.05, 0) is 40.9 Å². The smallest absolute Gasteiger partial charge is 0.346 e. The first kappa shape index (κ1) is 21.8. The number of rotatable bonds is 9. The van der Waals surface area contributed by atoms with Crippen molar-refractivity contribution < 1.29 is 28.5 Å². The lowest BCUT2D eigenvalue weighted by Gasteiger charge is -2.12. The summed E-state index contributed by atoms with van der Waals surface area (Å²) in [5.41, 5.74) is 3.30. The number of ether oxygens (including phenoxy) is 5. The Bertz CT molecular complexity index is 1110. The molecule has 1 aliphatic rings. The largest absolute Gasteiger partial charge is 0.497 e. The first-order chi connectivity index (χ1) is 15.6. The second-order valence-electron chi connectivity index (χ2n) is 7.04. The van der Waals surface area contributed by atoms with Crippen molar-refractivity contribution in [1.82, 2.24) is 4.37 Å². The molecule has 0 saturated heterocycles. The molecule has 0 unspecified atom stereocenters. The first-order valence-corrected chi connectivity index (χ1v) is 10.8. The third kappa shape index (κ3) is 4.57. The van der Waals surface area contributed by atoms with Crippen LogP contribution in [0.15, 0.2) is 36.4 Å². The van der Waals surface area contributed by atoms with Crippen LogP contribution in [0.25, 0.3) is 0 Å². The van der Waals surface area contributed by atoms with Gasteiger partial charge in [-0.15, -0.1) is 0 Å². The van der Waals surface area contributed by atoms with Crippen LogP contribution in [0, 0.1) is 0 Å². The Hall–Kier alpha value is -3.46. The van der Waals surface area contributed by atoms with Crippen molar-refractivity contribution >= 4 is 22.5 Å². The van der Waals surface area contributed by atoms with E-state index in [1.165, 1.54) is 12.7 Å². The lowest BCUT2D eigenvalue weighted by Crippen LogP contribution is -2.09. The molecule has 0 bridgehead atoms. The third-order valence-electron chi connectivity index (χ3n) is 5.12. The average Bonchev–Trinajstić information content (AvgIpc) is 3.47. The van der Waals surface area contributed by atoms with Crippen LogP contribution in [0.4, 0.5) is 5.00 Å². The van der Waals surface area contributed by atoms with E-state index >= 15 is 0 Å². The molecular weight excluding hydrogens is 432 g/mol. The van der Waals surface area contributed by atoms with Crippen molar-refractivity contribution in [3.05, 3.63) is 58.7 Å². The van der Waals surface area contributed by atoms with Gasteiger partial charge in [0.25, 0.3) is 0 Å². The number of anilines is 1. The predicted molar refractivity (Wildman–Crippen MR) is 120 cm³/mol. The zero-order valence-corrected chi connectivity index (χ0v) is 18.9. The summed E-state index contributed by atoms with van der Waals surface area (Å²) in [7, 11) is 4.53. The molecule has 0 spiro atoms. The summed E-state index contributed by atoms with van der Waals surface area (Å²) >= 11 is 1.14. The molecule has 9 heteroatoms. The molecule has 1 aromatic heterocycles. The zero-order chi connectivity index (χ0) is 22.5. The predicted octanol–water partition coefficient (Wildman–Crippen LogP) is 4.07. The Morgan fingerprint density at radius 3 is 2.81 bits per heavy atom. The number of nitrogens with one attached hydrogen (secondary N) is 1. The summed E-state index contributed by atoms with van der Waals surface area (Å²) in [5.74, 6) is 1.97. The van der Waals surface area contributed by atoms with Gasteiger partial charge in [0.1, 0.15) is 28.9 Å². The molecule has 0 amide bonds. The number of hydrogen-bond acceptors (Lipinski definition) is 9. The number of aromatic nitrogens is 1. The number of esters is 1. The number of hydrogen-bond donors (Lipinski definition) is 1. The maximum atomic E-state index is 12.5. The molecule has 0 radical (unpaired) electrons. The number of methoxy groups -OCH3 is 3. The van der Waals surface area contributed by atoms with Crippen molar-refractivity contribution in [2.24, 2.45) is 0 Å². The highest BCUT2D eigenvalue weighted by Gasteiger charge is 2.24. The Morgan fingerprint density at radius 2 is 2.03 bits per heavy atom. The van der Waals surface area contributed by atoms with Gasteiger partial charge in [-0.1, -0.05) is 12.1 Å². The molecule has 0 fully saturated rings. The van der Waals surface area contributed by atoms with Gasteiger partial charge < -0.3 is 29.0 Å². The third-order valence-corrected chi connectivity index (χ3v) is 5.91. The second-order valence-corrected chi connectivity index (χ2v) is 7.82. The molecule has 2 heterocycles. The highest BCUT2D eigenvalue weighted by Crippen LogP contribution is 2.34. The zero-order valence-electron chi connectivity index (χ0n) is 18.1. The van der Waals surface area contributed by atoms with Crippen LogP contribution >= 0.6 is 11.5 Å². The van der Waals surface area contributed by atoms with Gasteiger partial charge in [0.05, 0.1) is 27.9 Å². The van der Waals surface area contributed by atoms with Crippen LogP contribution in [-0.2, 0) is 24.3 Å². The summed E-state index contributed by atoms with van der Waals surface area (Å²) in [4.78, 5) is 12.5. The maximum Gasteiger partial charge on any atom is 0.346 e. The van der Waals surface area contributed by atoms with Crippen LogP contribution in [0.5, 0.6) is 23.1 Å². The van der Waals surface area contributed by atoms with Gasteiger partial charge in [-0.25, -0.2) is 4.79 Å². The van der Waals surface area contributed by atoms with E-state index in [9.17, 15) is 4.79 Å². The van der Waals surface area contributed by atoms with E-state index in [1.54, 1.807) is 20.3 Å². The lowest BCUT2D eigenvalue weighted by molar-refractivity contribution is 0.0596. The van der Waals surface area contributed by atoms with Crippen LogP contribution in [0.1, 0.15) is 27.0 Å². The molecule has 2 aromatic carbocycles. The molecular formula is C23H24N2O6S. The van der Waals surface area contributed by atoms with Crippen LogP contribution in [0.3, 0.4) is 0 Å². The maximum absolute atomic E-state index is 12.5. The van der Waals surface area contributed by atoms with Gasteiger partial charge in [0.2, 0.25) is 5.88 Å². The lowest BCUT2D eigenvalue weighted by atomic mass is 10.1. The van der Waals surface area contributed by atoms with E-state index < -0.39 is 5.97 Å². The van der Waals surface area contributed by atoms with Crippen molar-refractivity contribution in [2.75, 3.05) is 33.3 Å². The molecule has 1 N–H and O–H groups in total. The Kier molecular flexibility index (Phi) is 6.65. The summed E-state index contributed by atoms with van der Waals surface area (Å²) < 4.78 is 31.5. The highest BCUT2D eigenvalue weighted by atomic mass is 32.1. The molecule has 168 valence electrons. The topological polar surface area (TPSA) is 88.1 Å². The average molecular weight is 457 g/mol. The first-order valence-electron chi connectivity index (χ1n) is 10.0. The Labute approximate surface area is 190 Å². The summed E-state index contributed by atoms with van der Waals surface area (Å²) in [6, 6.07) is 11.5. The minimum absolute atomic E-state index is 0.229. The SMILES string of the molecule is COC(=O)c1c(OCc2ccc3c(c2)OCC3)nsc1NCc1ccc(OC)cc1OC. The van der Waals surface area contributed by atoms with Crippen molar-refractivity contribution in [3.63, 3.8) is 0 Å². The van der Waals surface area contributed by atoms with E-state index in [2.05, 4.69) is 9.69 Å². The fraction of sp³-hybridized carbons (Fsp3) is 0.304. The number of benzene rings is 2. The summed E-state index contributed by atoms with van der Waals surface area (Å²) in [5, 5.41) is 3.80. The molecule has 3 aromatic rings. The van der Waals surface area contributed by atoms with Crippen molar-refractivity contribution in [3.8, 4) is 23.1 Å². The van der Waals surface area contributed by atoms with Gasteiger partial charge in [-0.2, -0.15) is 4.37 Å². The number of nitrogens with zero attached hydrogens (tertiary/aromatic N) is 1. The second kappa shape index (κ2) is 9.78. The van der Waals surface area contributed by atoms with E-state index in [1.807, 2.05) is 30.3 Å². The van der Waals surface area contributed by atoms with Crippen LogP contribution in [0.2, 0.25) is 0 Å². The van der Waals surface area contributed by atoms with E-state index in [4.69, 9.17) is 23.7 Å². The normalized spacial score (nSPS) is 12.0. The molecule has 8 nitrogen and oxygen atoms in total. The molecule has 1 aliphatic heterocycles. The summed E-state index contributed by atoms with van der Waals surface area (Å²) in [6.07, 6.45) is 0.920. The quantitative estimate of drug-likeness (QED) is 0.482. The molecule has 32 heavy (non-hydrogen) atoms. The standard InChI is InChI=1S/C23H24N2O6S/c1-27-17-7-6-16(18(11-17)28-2)12-24-22-20(23(26)29-3)21(25-32-22)31-13-14-4-5-15-8-9-30-19(15)10-14/h4-7,10-11,24H,8-9,12-13H2,1-3H3. The van der Waals surface area contributed by atoms with E-state index in [-0.39, 0.29) is 18.1 Å². The molecule has 4 rings (SSSR count). The van der Waals surface area contributed by atoms with Gasteiger partial charge in [0.15, 0.2) is 5.56 Å². The minimum atomic E-state index is -0.518. The Morgan fingerprint density at radius 1 is 1.16 bits per heavy atom. The fourth-order valence-corrected chi connectivity index (χ4v) is 4.12. The molecule has 0 saturated carbocycles. The van der Waals surface area contributed by atoms with Crippen LogP contribution < -0.4 is 24.3 Å². The molecule has 0 aliphatic carbocycles. The number of carbonyl (C=O) groups is 1. The Balaban J connectivity index is 1.49. The van der Waals surface area contributed by atoms with Gasteiger partial charge in [-0.3, -0.25) is 0 Å². The van der Waals surface area contributed by atoms with E-state index in [0.717, 1.165) is 34.8 Å². The van der Waals surface area contributed by atoms with Crippen LogP contribution in [-0.4, -0.2) is 38.3 Å². The van der Waals surface area contributed by atoms with Crippen molar-refractivity contribution in [1.29, 1.82) is 0 Å². The number of fused-ring (bicyclic) bond motifs is 1. The number of carbonyl (C=O) groups excluding carboxylic acids is 1. The monoisotopic (exact) mass is 456 g/mol. The van der Waals surface area contributed by atoms with Gasteiger partial charge >= 0.3 is 5.97 Å². The summed E-state index contributed by atoms with van der Waals surface area (Å²) in [6.45, 7) is 1.38. The highest BCUT2D eigenvalue weighted by molar-refractivity contribution is 7.10. The van der Waals surface area contributed by atoms with Crippen molar-refractivity contribution in [2.45, 2.75) is 19.6 Å². The minimum Gasteiger partial charge on any atom is -0.497 e. The van der Waals surface area contributed by atoms with E-state index in [0.29, 0.717) is 29.7 Å². The van der Waals surface area contributed by atoms with Gasteiger partial charge in [0, 0.05) is 24.6 Å². The fourth-order valence-electron chi connectivity index (χ4n) is 3.40. The molecule has 0 atom stereocenters.